The molecule has 0 atom stereocenters. The Hall–Kier alpha value is -2.52. The third-order valence-corrected chi connectivity index (χ3v) is 4.20. The highest BCUT2D eigenvalue weighted by Crippen LogP contribution is 2.26. The Kier molecular flexibility index (Phi) is 5.02. The average molecular weight is 317 g/mol. The van der Waals surface area contributed by atoms with Crippen LogP contribution in [0.4, 0.5) is 0 Å². The number of nitrogens with zero attached hydrogens (tertiary/aromatic N) is 2. The van der Waals surface area contributed by atoms with E-state index in [2.05, 4.69) is 53.4 Å². The Bertz CT molecular complexity index is 767. The Morgan fingerprint density at radius 3 is 2.38 bits per heavy atom. The maximum Gasteiger partial charge on any atom is 0.0702 e. The number of benzene rings is 1. The molecule has 1 aromatic carbocycles. The van der Waals surface area contributed by atoms with E-state index in [1.165, 1.54) is 5.56 Å². The fraction of sp³-hybridized carbons (Fsp3) is 0.238. The molecule has 0 aliphatic heterocycles. The quantitative estimate of drug-likeness (QED) is 0.740. The van der Waals surface area contributed by atoms with Gasteiger partial charge in [0.25, 0.3) is 0 Å². The molecule has 0 spiro atoms. The molecule has 0 aliphatic rings. The molecule has 0 aliphatic carbocycles. The lowest BCUT2D eigenvalue weighted by molar-refractivity contribution is 0.467. The molecule has 0 bridgehead atoms. The summed E-state index contributed by atoms with van der Waals surface area (Å²) >= 11 is 0. The molecular formula is C21H23N3. The zero-order valence-electron chi connectivity index (χ0n) is 14.2. The Morgan fingerprint density at radius 2 is 1.67 bits per heavy atom. The summed E-state index contributed by atoms with van der Waals surface area (Å²) in [5.74, 6) is 0. The maximum absolute atomic E-state index is 4.45. The standard InChI is InChI=1S/C21H23N3/c1-21(2,16-22-15-19-10-3-5-12-23-19)18-9-7-8-17(14-18)20-11-4-6-13-24-20/h3-14,22H,15-16H2,1-2H3. The number of nitrogens with one attached hydrogen (secondary N) is 1. The maximum atomic E-state index is 4.45. The normalized spacial score (nSPS) is 11.4. The zero-order chi connectivity index (χ0) is 16.8. The van der Waals surface area contributed by atoms with E-state index in [4.69, 9.17) is 0 Å². The van der Waals surface area contributed by atoms with E-state index in [9.17, 15) is 0 Å². The van der Waals surface area contributed by atoms with E-state index in [1.54, 1.807) is 0 Å². The zero-order valence-corrected chi connectivity index (χ0v) is 14.2. The molecule has 0 fully saturated rings. The molecule has 3 nitrogen and oxygen atoms in total. The van der Waals surface area contributed by atoms with Crippen molar-refractivity contribution in [1.82, 2.24) is 15.3 Å². The van der Waals surface area contributed by atoms with E-state index in [0.29, 0.717) is 0 Å². The van der Waals surface area contributed by atoms with Crippen molar-refractivity contribution in [3.05, 3.63) is 84.3 Å². The molecule has 0 saturated carbocycles. The van der Waals surface area contributed by atoms with Gasteiger partial charge in [-0.3, -0.25) is 9.97 Å². The molecule has 24 heavy (non-hydrogen) atoms. The Labute approximate surface area is 143 Å². The molecule has 3 rings (SSSR count). The molecule has 0 unspecified atom stereocenters. The third-order valence-electron chi connectivity index (χ3n) is 4.20. The lowest BCUT2D eigenvalue weighted by Crippen LogP contribution is -2.32. The molecule has 122 valence electrons. The van der Waals surface area contributed by atoms with Crippen molar-refractivity contribution in [2.75, 3.05) is 6.54 Å². The van der Waals surface area contributed by atoms with Crippen LogP contribution in [0.5, 0.6) is 0 Å². The summed E-state index contributed by atoms with van der Waals surface area (Å²) in [6.07, 6.45) is 3.67. The molecular weight excluding hydrogens is 294 g/mol. The highest BCUT2D eigenvalue weighted by molar-refractivity contribution is 5.60. The van der Waals surface area contributed by atoms with Crippen LogP contribution in [-0.4, -0.2) is 16.5 Å². The number of aromatic nitrogens is 2. The van der Waals surface area contributed by atoms with Gasteiger partial charge in [0.05, 0.1) is 11.4 Å². The predicted molar refractivity (Wildman–Crippen MR) is 98.6 cm³/mol. The first-order valence-corrected chi connectivity index (χ1v) is 8.28. The largest absolute Gasteiger partial charge is 0.310 e. The third kappa shape index (κ3) is 4.06. The van der Waals surface area contributed by atoms with Crippen LogP contribution in [0.3, 0.4) is 0 Å². The molecule has 1 N–H and O–H groups in total. The highest BCUT2D eigenvalue weighted by Gasteiger charge is 2.20. The van der Waals surface area contributed by atoms with Crippen molar-refractivity contribution in [3.63, 3.8) is 0 Å². The van der Waals surface area contributed by atoms with E-state index in [1.807, 2.05) is 48.8 Å². The van der Waals surface area contributed by atoms with Gasteiger partial charge in [-0.2, -0.15) is 0 Å². The van der Waals surface area contributed by atoms with Crippen molar-refractivity contribution in [2.45, 2.75) is 25.8 Å². The Balaban J connectivity index is 1.70. The van der Waals surface area contributed by atoms with Crippen molar-refractivity contribution >= 4 is 0 Å². The summed E-state index contributed by atoms with van der Waals surface area (Å²) in [5, 5.41) is 3.52. The molecule has 0 saturated heterocycles. The summed E-state index contributed by atoms with van der Waals surface area (Å²) in [5.41, 5.74) is 4.57. The SMILES string of the molecule is CC(C)(CNCc1ccccn1)c1cccc(-c2ccccn2)c1. The first kappa shape index (κ1) is 16.3. The number of rotatable bonds is 6. The summed E-state index contributed by atoms with van der Waals surface area (Å²) in [7, 11) is 0. The second kappa shape index (κ2) is 7.37. The van der Waals surface area contributed by atoms with E-state index >= 15 is 0 Å². The van der Waals surface area contributed by atoms with Crippen molar-refractivity contribution < 1.29 is 0 Å². The number of hydrogen-bond donors (Lipinski definition) is 1. The van der Waals surface area contributed by atoms with Crippen LogP contribution in [0.15, 0.2) is 73.1 Å². The topological polar surface area (TPSA) is 37.8 Å². The first-order valence-electron chi connectivity index (χ1n) is 8.28. The second-order valence-corrected chi connectivity index (χ2v) is 6.60. The molecule has 0 radical (unpaired) electrons. The molecule has 2 aromatic heterocycles. The number of pyridine rings is 2. The lowest BCUT2D eigenvalue weighted by atomic mass is 9.83. The van der Waals surface area contributed by atoms with Crippen LogP contribution in [0, 0.1) is 0 Å². The van der Waals surface area contributed by atoms with Gasteiger partial charge < -0.3 is 5.32 Å². The van der Waals surface area contributed by atoms with Gasteiger partial charge in [-0.15, -0.1) is 0 Å². The lowest BCUT2D eigenvalue weighted by Gasteiger charge is -2.26. The smallest absolute Gasteiger partial charge is 0.0702 e. The van der Waals surface area contributed by atoms with E-state index < -0.39 is 0 Å². The van der Waals surface area contributed by atoms with Gasteiger partial charge in [-0.1, -0.05) is 44.2 Å². The van der Waals surface area contributed by atoms with Crippen molar-refractivity contribution in [1.29, 1.82) is 0 Å². The van der Waals surface area contributed by atoms with Crippen LogP contribution in [0.2, 0.25) is 0 Å². The van der Waals surface area contributed by atoms with Crippen LogP contribution >= 0.6 is 0 Å². The van der Waals surface area contributed by atoms with Gasteiger partial charge in [0.2, 0.25) is 0 Å². The number of hydrogen-bond acceptors (Lipinski definition) is 3. The van der Waals surface area contributed by atoms with E-state index in [-0.39, 0.29) is 5.41 Å². The second-order valence-electron chi connectivity index (χ2n) is 6.60. The van der Waals surface area contributed by atoms with Gasteiger partial charge in [0.15, 0.2) is 0 Å². The highest BCUT2D eigenvalue weighted by atomic mass is 14.9. The first-order chi connectivity index (χ1) is 11.6. The van der Waals surface area contributed by atoms with Crippen molar-refractivity contribution in [2.24, 2.45) is 0 Å². The average Bonchev–Trinajstić information content (AvgIpc) is 2.63. The minimum absolute atomic E-state index is 0.0274. The summed E-state index contributed by atoms with van der Waals surface area (Å²) in [6.45, 7) is 6.19. The van der Waals surface area contributed by atoms with Gasteiger partial charge in [0, 0.05) is 36.5 Å². The monoisotopic (exact) mass is 317 g/mol. The van der Waals surface area contributed by atoms with Gasteiger partial charge in [0.1, 0.15) is 0 Å². The molecule has 2 heterocycles. The summed E-state index contributed by atoms with van der Waals surface area (Å²) in [6, 6.07) is 20.7. The fourth-order valence-corrected chi connectivity index (χ4v) is 2.74. The molecule has 3 heteroatoms. The Morgan fingerprint density at radius 1 is 0.875 bits per heavy atom. The summed E-state index contributed by atoms with van der Waals surface area (Å²) < 4.78 is 0. The molecule has 3 aromatic rings. The van der Waals surface area contributed by atoms with Crippen LogP contribution in [0.25, 0.3) is 11.3 Å². The fourth-order valence-electron chi connectivity index (χ4n) is 2.74. The summed E-state index contributed by atoms with van der Waals surface area (Å²) in [4.78, 5) is 8.80. The minimum Gasteiger partial charge on any atom is -0.310 e. The van der Waals surface area contributed by atoms with Crippen molar-refractivity contribution in [3.8, 4) is 11.3 Å². The van der Waals surface area contributed by atoms with Crippen LogP contribution < -0.4 is 5.32 Å². The van der Waals surface area contributed by atoms with Gasteiger partial charge in [-0.05, 0) is 35.9 Å². The van der Waals surface area contributed by atoms with Gasteiger partial charge in [-0.25, -0.2) is 0 Å². The predicted octanol–water partition coefficient (Wildman–Crippen LogP) is 4.21. The van der Waals surface area contributed by atoms with Crippen LogP contribution in [-0.2, 0) is 12.0 Å². The minimum atomic E-state index is 0.0274. The molecule has 0 amide bonds. The van der Waals surface area contributed by atoms with E-state index in [0.717, 1.165) is 30.0 Å². The van der Waals surface area contributed by atoms with Crippen LogP contribution in [0.1, 0.15) is 25.1 Å². The van der Waals surface area contributed by atoms with Gasteiger partial charge >= 0.3 is 0 Å².